The van der Waals surface area contributed by atoms with Gasteiger partial charge in [0.05, 0.1) is 5.69 Å². The van der Waals surface area contributed by atoms with Crippen LogP contribution >= 0.6 is 0 Å². The van der Waals surface area contributed by atoms with Crippen molar-refractivity contribution in [2.24, 2.45) is 0 Å². The highest BCUT2D eigenvalue weighted by atomic mass is 16.3. The van der Waals surface area contributed by atoms with Crippen molar-refractivity contribution >= 4 is 96.2 Å². The van der Waals surface area contributed by atoms with Crippen LogP contribution in [0, 0.1) is 13.8 Å². The zero-order valence-corrected chi connectivity index (χ0v) is 39.5. The third-order valence-electron chi connectivity index (χ3n) is 15.1. The Labute approximate surface area is 399 Å². The molecular formula is C63H52BN3O. The predicted molar refractivity (Wildman–Crippen MR) is 288 cm³/mol. The Balaban J connectivity index is 1.14. The molecule has 0 unspecified atom stereocenters. The highest BCUT2D eigenvalue weighted by molar-refractivity contribution is 7.00. The van der Waals surface area contributed by atoms with Crippen LogP contribution in [0.3, 0.4) is 0 Å². The quantitative estimate of drug-likeness (QED) is 0.155. The van der Waals surface area contributed by atoms with Crippen LogP contribution in [0.5, 0.6) is 0 Å². The van der Waals surface area contributed by atoms with Gasteiger partial charge in [-0.25, -0.2) is 0 Å². The molecule has 1 aromatic heterocycles. The molecule has 0 bridgehead atoms. The molecule has 0 atom stereocenters. The molecule has 0 fully saturated rings. The molecule has 3 aliphatic rings. The molecule has 1 aliphatic carbocycles. The van der Waals surface area contributed by atoms with Crippen LogP contribution < -0.4 is 31.1 Å². The monoisotopic (exact) mass is 877 g/mol. The summed E-state index contributed by atoms with van der Waals surface area (Å²) in [5.41, 5.74) is 23.8. The van der Waals surface area contributed by atoms with E-state index >= 15 is 0 Å². The average Bonchev–Trinajstić information content (AvgIpc) is 3.82. The summed E-state index contributed by atoms with van der Waals surface area (Å²) in [4.78, 5) is 7.53. The van der Waals surface area contributed by atoms with E-state index in [1.54, 1.807) is 0 Å². The Kier molecular flexibility index (Phi) is 8.86. The highest BCUT2D eigenvalue weighted by Gasteiger charge is 2.48. The predicted octanol–water partition coefficient (Wildman–Crippen LogP) is 15.4. The van der Waals surface area contributed by atoms with E-state index in [4.69, 9.17) is 4.42 Å². The molecule has 3 heterocycles. The van der Waals surface area contributed by atoms with Crippen molar-refractivity contribution < 1.29 is 4.42 Å². The van der Waals surface area contributed by atoms with E-state index in [-0.39, 0.29) is 17.5 Å². The first-order chi connectivity index (χ1) is 33.0. The SMILES string of the molecule is Cc1cc2c3c(c1)N(c1cccc4c1oc1ccccc14)c1cc4c(cc1B3c1cc(N(c3ccccc3)c3ccccc3)ccc1N2c1ccc(-c2ccccc2)cc1C)C(C)(C)CC4(C)C. The molecular weight excluding hydrogens is 826 g/mol. The molecule has 0 radical (unpaired) electrons. The van der Waals surface area contributed by atoms with Crippen LogP contribution in [-0.2, 0) is 10.8 Å². The van der Waals surface area contributed by atoms with Crippen molar-refractivity contribution in [1.82, 2.24) is 0 Å². The van der Waals surface area contributed by atoms with Gasteiger partial charge < -0.3 is 19.1 Å². The summed E-state index contributed by atoms with van der Waals surface area (Å²) in [5, 5.41) is 2.25. The van der Waals surface area contributed by atoms with Crippen LogP contribution in [0.25, 0.3) is 33.1 Å². The number of anilines is 9. The zero-order chi connectivity index (χ0) is 46.1. The lowest BCUT2D eigenvalue weighted by Crippen LogP contribution is -2.61. The van der Waals surface area contributed by atoms with Crippen molar-refractivity contribution in [3.05, 3.63) is 216 Å². The minimum absolute atomic E-state index is 0.00572. The van der Waals surface area contributed by atoms with Gasteiger partial charge in [-0.3, -0.25) is 0 Å². The Morgan fingerprint density at radius 3 is 1.74 bits per heavy atom. The van der Waals surface area contributed by atoms with E-state index < -0.39 is 0 Å². The fourth-order valence-corrected chi connectivity index (χ4v) is 12.5. The van der Waals surface area contributed by atoms with Crippen molar-refractivity contribution in [1.29, 1.82) is 0 Å². The Hall–Kier alpha value is -7.76. The number of benzene rings is 9. The minimum Gasteiger partial charge on any atom is -0.454 e. The van der Waals surface area contributed by atoms with E-state index in [0.717, 1.165) is 51.1 Å². The molecule has 0 saturated heterocycles. The van der Waals surface area contributed by atoms with Crippen LogP contribution in [0.15, 0.2) is 199 Å². The number of furan rings is 1. The number of hydrogen-bond acceptors (Lipinski definition) is 4. The summed E-state index contributed by atoms with van der Waals surface area (Å²) in [6, 6.07) is 71.7. The van der Waals surface area contributed by atoms with E-state index in [1.165, 1.54) is 78.2 Å². The minimum atomic E-state index is -0.0740. The molecule has 10 aromatic rings. The van der Waals surface area contributed by atoms with Gasteiger partial charge in [-0.1, -0.05) is 137 Å². The molecule has 0 N–H and O–H groups in total. The van der Waals surface area contributed by atoms with Crippen LogP contribution in [0.1, 0.15) is 56.4 Å². The van der Waals surface area contributed by atoms with Gasteiger partial charge in [0, 0.05) is 56.3 Å². The lowest BCUT2D eigenvalue weighted by molar-refractivity contribution is 0.403. The van der Waals surface area contributed by atoms with Crippen LogP contribution in [-0.4, -0.2) is 6.71 Å². The summed E-state index contributed by atoms with van der Waals surface area (Å²) < 4.78 is 6.94. The summed E-state index contributed by atoms with van der Waals surface area (Å²) in [6.07, 6.45) is 1.08. The first-order valence-electron chi connectivity index (χ1n) is 24.1. The maximum atomic E-state index is 6.94. The van der Waals surface area contributed by atoms with E-state index in [2.05, 4.69) is 250 Å². The maximum Gasteiger partial charge on any atom is 0.252 e. The number of rotatable bonds is 6. The van der Waals surface area contributed by atoms with Gasteiger partial charge in [-0.2, -0.15) is 0 Å². The lowest BCUT2D eigenvalue weighted by Gasteiger charge is -2.45. The summed E-state index contributed by atoms with van der Waals surface area (Å²) in [5.74, 6) is 0. The van der Waals surface area contributed by atoms with Crippen LogP contribution in [0.2, 0.25) is 0 Å². The smallest absolute Gasteiger partial charge is 0.252 e. The van der Waals surface area contributed by atoms with Gasteiger partial charge in [0.25, 0.3) is 6.71 Å². The van der Waals surface area contributed by atoms with Gasteiger partial charge in [-0.15, -0.1) is 0 Å². The average molecular weight is 878 g/mol. The summed E-state index contributed by atoms with van der Waals surface area (Å²) >= 11 is 0. The molecule has 0 amide bonds. The second-order valence-corrected chi connectivity index (χ2v) is 20.6. The van der Waals surface area contributed by atoms with Gasteiger partial charge >= 0.3 is 0 Å². The van der Waals surface area contributed by atoms with Crippen molar-refractivity contribution in [3.8, 4) is 11.1 Å². The van der Waals surface area contributed by atoms with Gasteiger partial charge in [0.1, 0.15) is 5.58 Å². The molecule has 0 saturated carbocycles. The number of hydrogen-bond donors (Lipinski definition) is 0. The number of para-hydroxylation sites is 4. The Morgan fingerprint density at radius 2 is 1.04 bits per heavy atom. The zero-order valence-electron chi connectivity index (χ0n) is 39.5. The van der Waals surface area contributed by atoms with Crippen LogP contribution in [0.4, 0.5) is 51.2 Å². The molecule has 328 valence electrons. The Morgan fingerprint density at radius 1 is 0.456 bits per heavy atom. The van der Waals surface area contributed by atoms with Gasteiger partial charge in [0.2, 0.25) is 0 Å². The molecule has 2 aliphatic heterocycles. The van der Waals surface area contributed by atoms with Gasteiger partial charge in [0.15, 0.2) is 5.58 Å². The third-order valence-corrected chi connectivity index (χ3v) is 15.1. The summed E-state index contributed by atoms with van der Waals surface area (Å²) in [7, 11) is 0. The highest BCUT2D eigenvalue weighted by Crippen LogP contribution is 2.54. The molecule has 9 aromatic carbocycles. The first kappa shape index (κ1) is 40.5. The number of aryl methyl sites for hydroxylation is 2. The molecule has 13 rings (SSSR count). The van der Waals surface area contributed by atoms with Crippen molar-refractivity contribution in [2.45, 2.75) is 58.8 Å². The lowest BCUT2D eigenvalue weighted by atomic mass is 9.33. The van der Waals surface area contributed by atoms with Crippen molar-refractivity contribution in [2.75, 3.05) is 14.7 Å². The fourth-order valence-electron chi connectivity index (χ4n) is 12.5. The molecule has 0 spiro atoms. The number of nitrogens with zero attached hydrogens (tertiary/aromatic N) is 3. The molecule has 68 heavy (non-hydrogen) atoms. The third kappa shape index (κ3) is 6.08. The number of fused-ring (bicyclic) bond motifs is 8. The summed E-state index contributed by atoms with van der Waals surface area (Å²) in [6.45, 7) is 14.2. The largest absolute Gasteiger partial charge is 0.454 e. The van der Waals surface area contributed by atoms with E-state index in [9.17, 15) is 0 Å². The van der Waals surface area contributed by atoms with Gasteiger partial charge in [-0.05, 0) is 166 Å². The second-order valence-electron chi connectivity index (χ2n) is 20.6. The van der Waals surface area contributed by atoms with E-state index in [1.807, 2.05) is 0 Å². The fraction of sp³-hybridized carbons (Fsp3) is 0.143. The standard InChI is InChI=1S/C63H52BN3O/c1-40-33-57-60-58(34-40)67(55-27-18-26-48-47-25-16-17-28-59(47)68-61(48)55)56-38-50-49(62(3,4)39-63(50,5)6)37-52(56)64(60)51-36-46(65(44-21-12-8-13-22-44)45-23-14-9-15-24-45)30-32-54(51)66(57)53-31-29-43(35-41(53)2)42-19-10-7-11-20-42/h7-38H,39H2,1-6H3. The Bertz CT molecular complexity index is 3610. The second kappa shape index (κ2) is 14.9. The maximum absolute atomic E-state index is 6.94. The molecule has 5 heteroatoms. The topological polar surface area (TPSA) is 22.9 Å². The van der Waals surface area contributed by atoms with E-state index in [0.29, 0.717) is 0 Å². The normalized spacial score (nSPS) is 15.0. The van der Waals surface area contributed by atoms with Crippen molar-refractivity contribution in [3.63, 3.8) is 0 Å². The first-order valence-corrected chi connectivity index (χ1v) is 24.1. The molecule has 4 nitrogen and oxygen atoms in total.